The monoisotopic (exact) mass is 436 g/mol. The molecular weight excluding hydrogens is 420 g/mol. The summed E-state index contributed by atoms with van der Waals surface area (Å²) in [6, 6.07) is 17.2. The lowest BCUT2D eigenvalue weighted by Gasteiger charge is -2.08. The summed E-state index contributed by atoms with van der Waals surface area (Å²) in [6.07, 6.45) is -1.01. The van der Waals surface area contributed by atoms with Crippen LogP contribution in [0.4, 0.5) is 23.2 Å². The Morgan fingerprint density at radius 2 is 1.72 bits per heavy atom. The lowest BCUT2D eigenvalue weighted by molar-refractivity contribution is -0.137. The molecule has 2 heterocycles. The van der Waals surface area contributed by atoms with Crippen molar-refractivity contribution < 1.29 is 22.4 Å². The fourth-order valence-corrected chi connectivity index (χ4v) is 4.00. The van der Waals surface area contributed by atoms with Gasteiger partial charge in [0, 0.05) is 45.1 Å². The number of amides is 1. The molecule has 7 heteroatoms. The molecule has 0 aliphatic carbocycles. The largest absolute Gasteiger partial charge is 0.416 e. The fourth-order valence-electron chi connectivity index (χ4n) is 4.00. The van der Waals surface area contributed by atoms with Crippen molar-refractivity contribution in [3.05, 3.63) is 101 Å². The highest BCUT2D eigenvalue weighted by Crippen LogP contribution is 2.39. The van der Waals surface area contributed by atoms with E-state index in [2.05, 4.69) is 5.32 Å². The van der Waals surface area contributed by atoms with Crippen molar-refractivity contribution in [2.75, 3.05) is 5.32 Å². The number of rotatable bonds is 3. The number of benzene rings is 3. The van der Waals surface area contributed by atoms with Crippen molar-refractivity contribution in [3.8, 4) is 0 Å². The molecule has 0 saturated carbocycles. The van der Waals surface area contributed by atoms with Gasteiger partial charge in [-0.25, -0.2) is 4.39 Å². The number of hydrogen-bond acceptors (Lipinski definition) is 1. The van der Waals surface area contributed by atoms with Crippen LogP contribution >= 0.6 is 0 Å². The molecule has 3 nitrogen and oxygen atoms in total. The molecule has 1 aliphatic heterocycles. The summed E-state index contributed by atoms with van der Waals surface area (Å²) in [6.45, 7) is 0.300. The molecular formula is C25H16F4N2O. The SMILES string of the molecule is O=C1Nc2cc(C(F)(F)F)ccc2/C1=C\c1cn(Cc2ccccc2F)c2ccccc12. The van der Waals surface area contributed by atoms with E-state index in [9.17, 15) is 22.4 Å². The summed E-state index contributed by atoms with van der Waals surface area (Å²) in [4.78, 5) is 12.6. The number of nitrogens with one attached hydrogen (secondary N) is 1. The summed E-state index contributed by atoms with van der Waals surface area (Å²) in [5.74, 6) is -0.778. The van der Waals surface area contributed by atoms with E-state index in [4.69, 9.17) is 0 Å². The Hall–Kier alpha value is -3.87. The molecule has 0 radical (unpaired) electrons. The minimum Gasteiger partial charge on any atom is -0.342 e. The number of carbonyl (C=O) groups is 1. The molecule has 0 bridgehead atoms. The molecule has 1 N–H and O–H groups in total. The van der Waals surface area contributed by atoms with Gasteiger partial charge in [-0.3, -0.25) is 4.79 Å². The summed E-state index contributed by atoms with van der Waals surface area (Å²) >= 11 is 0. The third kappa shape index (κ3) is 3.45. The molecule has 1 amide bonds. The number of carbonyl (C=O) groups excluding carboxylic acids is 1. The van der Waals surface area contributed by atoms with Crippen molar-refractivity contribution in [3.63, 3.8) is 0 Å². The number of nitrogens with zero attached hydrogens (tertiary/aromatic N) is 1. The predicted molar refractivity (Wildman–Crippen MR) is 115 cm³/mol. The third-order valence-corrected chi connectivity index (χ3v) is 5.55. The van der Waals surface area contributed by atoms with Crippen LogP contribution in [0, 0.1) is 5.82 Å². The van der Waals surface area contributed by atoms with Gasteiger partial charge in [0.15, 0.2) is 0 Å². The lowest BCUT2D eigenvalue weighted by Crippen LogP contribution is -2.06. The van der Waals surface area contributed by atoms with Crippen LogP contribution in [0.5, 0.6) is 0 Å². The van der Waals surface area contributed by atoms with Gasteiger partial charge in [-0.1, -0.05) is 42.5 Å². The molecule has 0 unspecified atom stereocenters. The third-order valence-electron chi connectivity index (χ3n) is 5.55. The highest BCUT2D eigenvalue weighted by atomic mass is 19.4. The zero-order valence-electron chi connectivity index (χ0n) is 16.6. The smallest absolute Gasteiger partial charge is 0.342 e. The van der Waals surface area contributed by atoms with Crippen molar-refractivity contribution in [1.29, 1.82) is 0 Å². The molecule has 5 rings (SSSR count). The fraction of sp³-hybridized carbons (Fsp3) is 0.0800. The highest BCUT2D eigenvalue weighted by molar-refractivity contribution is 6.35. The predicted octanol–water partition coefficient (Wildman–Crippen LogP) is 6.34. The van der Waals surface area contributed by atoms with E-state index in [1.54, 1.807) is 24.3 Å². The summed E-state index contributed by atoms with van der Waals surface area (Å²) in [5.41, 5.74) is 2.10. The number of hydrogen-bond donors (Lipinski definition) is 1. The van der Waals surface area contributed by atoms with Crippen molar-refractivity contribution >= 4 is 34.1 Å². The van der Waals surface area contributed by atoms with E-state index in [1.165, 1.54) is 12.1 Å². The number of aromatic nitrogens is 1. The lowest BCUT2D eigenvalue weighted by atomic mass is 10.0. The van der Waals surface area contributed by atoms with Crippen LogP contribution in [0.25, 0.3) is 22.6 Å². The highest BCUT2D eigenvalue weighted by Gasteiger charge is 2.33. The molecule has 1 aromatic heterocycles. The van der Waals surface area contributed by atoms with E-state index in [0.717, 1.165) is 28.6 Å². The molecule has 32 heavy (non-hydrogen) atoms. The molecule has 3 aromatic carbocycles. The van der Waals surface area contributed by atoms with E-state index in [0.29, 0.717) is 17.7 Å². The van der Waals surface area contributed by atoms with Gasteiger partial charge in [-0.15, -0.1) is 0 Å². The molecule has 0 spiro atoms. The van der Waals surface area contributed by atoms with Gasteiger partial charge in [0.2, 0.25) is 0 Å². The Morgan fingerprint density at radius 3 is 2.50 bits per heavy atom. The Morgan fingerprint density at radius 1 is 0.969 bits per heavy atom. The number of fused-ring (bicyclic) bond motifs is 2. The van der Waals surface area contributed by atoms with Crippen molar-refractivity contribution in [2.45, 2.75) is 12.7 Å². The standard InChI is InChI=1S/C25H16F4N2O/c26-21-7-3-1-5-15(21)13-31-14-16(18-6-2-4-8-23(18)31)11-20-19-10-9-17(25(27,28)29)12-22(19)30-24(20)32/h1-12,14H,13H2,(H,30,32)/b20-11+. The maximum Gasteiger partial charge on any atom is 0.416 e. The first-order valence-corrected chi connectivity index (χ1v) is 9.87. The van der Waals surface area contributed by atoms with Gasteiger partial charge in [0.25, 0.3) is 5.91 Å². The molecule has 4 aromatic rings. The van der Waals surface area contributed by atoms with E-state index >= 15 is 0 Å². The van der Waals surface area contributed by atoms with Gasteiger partial charge in [0.05, 0.1) is 12.1 Å². The van der Waals surface area contributed by atoms with E-state index in [1.807, 2.05) is 35.0 Å². The van der Waals surface area contributed by atoms with E-state index in [-0.39, 0.29) is 17.1 Å². The topological polar surface area (TPSA) is 34.0 Å². The number of halogens is 4. The van der Waals surface area contributed by atoms with Gasteiger partial charge in [0.1, 0.15) is 5.82 Å². The van der Waals surface area contributed by atoms with Gasteiger partial charge < -0.3 is 9.88 Å². The van der Waals surface area contributed by atoms with Crippen LogP contribution < -0.4 is 5.32 Å². The van der Waals surface area contributed by atoms with Gasteiger partial charge in [-0.05, 0) is 30.3 Å². The normalized spacial score (nSPS) is 14.8. The van der Waals surface area contributed by atoms with Crippen molar-refractivity contribution in [2.24, 2.45) is 0 Å². The zero-order chi connectivity index (χ0) is 22.5. The summed E-state index contributed by atoms with van der Waals surface area (Å²) in [7, 11) is 0. The van der Waals surface area contributed by atoms with Crippen LogP contribution in [-0.2, 0) is 17.5 Å². The van der Waals surface area contributed by atoms with Crippen LogP contribution in [0.2, 0.25) is 0 Å². The average molecular weight is 436 g/mol. The van der Waals surface area contributed by atoms with Gasteiger partial charge >= 0.3 is 6.18 Å². The Bertz CT molecular complexity index is 1400. The van der Waals surface area contributed by atoms with E-state index < -0.39 is 17.6 Å². The van der Waals surface area contributed by atoms with Gasteiger partial charge in [-0.2, -0.15) is 13.2 Å². The van der Waals surface area contributed by atoms with Crippen LogP contribution in [-0.4, -0.2) is 10.5 Å². The minimum atomic E-state index is -4.49. The summed E-state index contributed by atoms with van der Waals surface area (Å²) in [5, 5.41) is 3.37. The maximum atomic E-state index is 14.2. The molecule has 160 valence electrons. The maximum absolute atomic E-state index is 14.2. The van der Waals surface area contributed by atoms with Crippen LogP contribution in [0.15, 0.2) is 72.9 Å². The first kappa shape index (κ1) is 20.1. The first-order valence-electron chi connectivity index (χ1n) is 9.87. The molecule has 1 aliphatic rings. The first-order chi connectivity index (χ1) is 15.3. The zero-order valence-corrected chi connectivity index (χ0v) is 16.6. The quantitative estimate of drug-likeness (QED) is 0.295. The number of para-hydroxylation sites is 1. The molecule has 0 fully saturated rings. The molecule has 0 saturated heterocycles. The Labute approximate surface area is 180 Å². The second-order valence-electron chi connectivity index (χ2n) is 7.59. The average Bonchev–Trinajstić information content (AvgIpc) is 3.26. The second-order valence-corrected chi connectivity index (χ2v) is 7.59. The van der Waals surface area contributed by atoms with Crippen LogP contribution in [0.3, 0.4) is 0 Å². The van der Waals surface area contributed by atoms with Crippen LogP contribution in [0.1, 0.15) is 22.3 Å². The Kier molecular flexibility index (Phi) is 4.62. The number of alkyl halides is 3. The summed E-state index contributed by atoms with van der Waals surface area (Å²) < 4.78 is 55.2. The second kappa shape index (κ2) is 7.37. The Balaban J connectivity index is 1.60. The van der Waals surface area contributed by atoms with Crippen molar-refractivity contribution in [1.82, 2.24) is 4.57 Å². The molecule has 0 atom stereocenters. The minimum absolute atomic E-state index is 0.131. The number of anilines is 1.